The number of nitrogens with zero attached hydrogens (tertiary/aromatic N) is 1. The van der Waals surface area contributed by atoms with E-state index in [0.29, 0.717) is 0 Å². The monoisotopic (exact) mass is 219 g/mol. The van der Waals surface area contributed by atoms with Crippen LogP contribution in [0.5, 0.6) is 0 Å². The molecule has 3 nitrogen and oxygen atoms in total. The van der Waals surface area contributed by atoms with E-state index < -0.39 is 0 Å². The molecular formula is C11H10ClN3. The Kier molecular flexibility index (Phi) is 2.25. The number of nitrogens with one attached hydrogen (secondary N) is 1. The first-order valence-corrected chi connectivity index (χ1v) is 4.46. The molecular weight excluding hydrogens is 210 g/mol. The molecule has 0 aliphatic carbocycles. The van der Waals surface area contributed by atoms with Crippen LogP contribution in [0.3, 0.4) is 0 Å². The number of H-pyrrole nitrogens is 1. The molecule has 0 spiro atoms. The molecule has 76 valence electrons. The second kappa shape index (κ2) is 3.44. The van der Waals surface area contributed by atoms with Gasteiger partial charge in [-0.3, -0.25) is 4.98 Å². The van der Waals surface area contributed by atoms with Gasteiger partial charge in [-0.2, -0.15) is 0 Å². The molecule has 2 aromatic heterocycles. The molecule has 0 radical (unpaired) electrons. The first kappa shape index (κ1) is 9.80. The molecule has 1 aromatic carbocycles. The highest BCUT2D eigenvalue weighted by atomic mass is 35.5. The van der Waals surface area contributed by atoms with Gasteiger partial charge in [0.2, 0.25) is 0 Å². The molecule has 0 bridgehead atoms. The Hall–Kier alpha value is -1.74. The van der Waals surface area contributed by atoms with Gasteiger partial charge in [-0.1, -0.05) is 12.1 Å². The molecule has 4 heteroatoms. The zero-order valence-corrected chi connectivity index (χ0v) is 8.71. The smallest absolute Gasteiger partial charge is 0.0952 e. The van der Waals surface area contributed by atoms with E-state index in [1.165, 1.54) is 0 Å². The van der Waals surface area contributed by atoms with Crippen molar-refractivity contribution in [2.45, 2.75) is 0 Å². The number of rotatable bonds is 0. The third kappa shape index (κ3) is 1.32. The van der Waals surface area contributed by atoms with Crippen LogP contribution in [-0.4, -0.2) is 9.97 Å². The quantitative estimate of drug-likeness (QED) is 0.572. The highest BCUT2D eigenvalue weighted by Gasteiger charge is 2.03. The Morgan fingerprint density at radius 2 is 2.07 bits per heavy atom. The number of aromatic nitrogens is 2. The summed E-state index contributed by atoms with van der Waals surface area (Å²) in [5.41, 5.74) is 8.52. The van der Waals surface area contributed by atoms with Crippen molar-refractivity contribution >= 4 is 39.9 Å². The summed E-state index contributed by atoms with van der Waals surface area (Å²) in [7, 11) is 0. The van der Waals surface area contributed by atoms with Crippen LogP contribution >= 0.6 is 12.4 Å². The largest absolute Gasteiger partial charge is 0.397 e. The number of para-hydroxylation sites is 1. The summed E-state index contributed by atoms with van der Waals surface area (Å²) in [6, 6.07) is 7.84. The minimum Gasteiger partial charge on any atom is -0.397 e. The number of halogens is 1. The fourth-order valence-electron chi connectivity index (χ4n) is 1.76. The average Bonchev–Trinajstić information content (AvgIpc) is 2.66. The number of anilines is 1. The second-order valence-corrected chi connectivity index (χ2v) is 3.31. The maximum absolute atomic E-state index is 5.84. The number of nitrogen functional groups attached to an aromatic ring is 1. The van der Waals surface area contributed by atoms with Crippen LogP contribution in [0.15, 0.2) is 36.7 Å². The first-order valence-electron chi connectivity index (χ1n) is 4.46. The minimum absolute atomic E-state index is 0. The summed E-state index contributed by atoms with van der Waals surface area (Å²) in [6.45, 7) is 0. The van der Waals surface area contributed by atoms with Gasteiger partial charge in [-0.15, -0.1) is 12.4 Å². The van der Waals surface area contributed by atoms with E-state index in [2.05, 4.69) is 9.97 Å². The zero-order valence-electron chi connectivity index (χ0n) is 7.90. The second-order valence-electron chi connectivity index (χ2n) is 3.31. The van der Waals surface area contributed by atoms with E-state index in [1.807, 2.05) is 36.7 Å². The van der Waals surface area contributed by atoms with E-state index in [1.54, 1.807) is 0 Å². The number of hydrogen-bond donors (Lipinski definition) is 2. The standard InChI is InChI=1S/C11H9N3.ClH/c12-9-3-1-2-8-10-7(4-5-13-10)6-14-11(8)9;/h1-6,13H,12H2;1H. The van der Waals surface area contributed by atoms with Crippen molar-refractivity contribution in [1.82, 2.24) is 9.97 Å². The van der Waals surface area contributed by atoms with Gasteiger partial charge >= 0.3 is 0 Å². The third-order valence-electron chi connectivity index (χ3n) is 2.45. The van der Waals surface area contributed by atoms with Gasteiger partial charge in [0.05, 0.1) is 16.7 Å². The molecule has 3 aromatic rings. The van der Waals surface area contributed by atoms with Crippen molar-refractivity contribution in [3.8, 4) is 0 Å². The number of pyridine rings is 1. The van der Waals surface area contributed by atoms with Crippen LogP contribution in [0.4, 0.5) is 5.69 Å². The lowest BCUT2D eigenvalue weighted by Crippen LogP contribution is -1.89. The number of hydrogen-bond acceptors (Lipinski definition) is 2. The molecule has 0 amide bonds. The summed E-state index contributed by atoms with van der Waals surface area (Å²) in [6.07, 6.45) is 3.75. The predicted molar refractivity (Wildman–Crippen MR) is 65.3 cm³/mol. The Balaban J connectivity index is 0.000000853. The molecule has 0 aliphatic heterocycles. The van der Waals surface area contributed by atoms with Crippen molar-refractivity contribution in [3.05, 3.63) is 36.7 Å². The molecule has 0 saturated carbocycles. The molecule has 0 saturated heterocycles. The maximum Gasteiger partial charge on any atom is 0.0952 e. The molecule has 3 rings (SSSR count). The Labute approximate surface area is 92.7 Å². The number of aromatic amines is 1. The molecule has 0 fully saturated rings. The first-order chi connectivity index (χ1) is 6.86. The number of fused-ring (bicyclic) bond motifs is 3. The normalized spacial score (nSPS) is 10.4. The third-order valence-corrected chi connectivity index (χ3v) is 2.45. The van der Waals surface area contributed by atoms with Gasteiger partial charge in [0.1, 0.15) is 0 Å². The maximum atomic E-state index is 5.84. The van der Waals surface area contributed by atoms with Crippen LogP contribution < -0.4 is 5.73 Å². The van der Waals surface area contributed by atoms with E-state index in [0.717, 1.165) is 27.5 Å². The average molecular weight is 220 g/mol. The van der Waals surface area contributed by atoms with Crippen molar-refractivity contribution in [3.63, 3.8) is 0 Å². The summed E-state index contributed by atoms with van der Waals surface area (Å²) in [4.78, 5) is 7.53. The van der Waals surface area contributed by atoms with Crippen LogP contribution in [0.2, 0.25) is 0 Å². The van der Waals surface area contributed by atoms with Crippen molar-refractivity contribution < 1.29 is 0 Å². The van der Waals surface area contributed by atoms with Crippen LogP contribution in [0.1, 0.15) is 0 Å². The molecule has 0 aliphatic rings. The lowest BCUT2D eigenvalue weighted by molar-refractivity contribution is 1.43. The van der Waals surface area contributed by atoms with E-state index in [-0.39, 0.29) is 12.4 Å². The van der Waals surface area contributed by atoms with Crippen molar-refractivity contribution in [2.24, 2.45) is 0 Å². The van der Waals surface area contributed by atoms with E-state index >= 15 is 0 Å². The predicted octanol–water partition coefficient (Wildman–Crippen LogP) is 2.72. The Morgan fingerprint density at radius 3 is 2.93 bits per heavy atom. The fourth-order valence-corrected chi connectivity index (χ4v) is 1.76. The molecule has 2 heterocycles. The fraction of sp³-hybridized carbons (Fsp3) is 0. The zero-order chi connectivity index (χ0) is 9.54. The lowest BCUT2D eigenvalue weighted by atomic mass is 10.1. The molecule has 0 atom stereocenters. The summed E-state index contributed by atoms with van der Waals surface area (Å²) in [5, 5.41) is 2.19. The topological polar surface area (TPSA) is 54.7 Å². The molecule has 0 unspecified atom stereocenters. The molecule has 3 N–H and O–H groups in total. The van der Waals surface area contributed by atoms with Gasteiger partial charge in [-0.25, -0.2) is 0 Å². The molecule has 15 heavy (non-hydrogen) atoms. The Bertz CT molecular complexity index is 615. The van der Waals surface area contributed by atoms with Gasteiger partial charge in [0, 0.05) is 23.2 Å². The van der Waals surface area contributed by atoms with Crippen molar-refractivity contribution in [2.75, 3.05) is 5.73 Å². The van der Waals surface area contributed by atoms with E-state index in [4.69, 9.17) is 5.73 Å². The number of benzene rings is 1. The van der Waals surface area contributed by atoms with Gasteiger partial charge in [0.15, 0.2) is 0 Å². The van der Waals surface area contributed by atoms with Gasteiger partial charge in [-0.05, 0) is 12.1 Å². The van der Waals surface area contributed by atoms with Crippen LogP contribution in [0.25, 0.3) is 21.8 Å². The Morgan fingerprint density at radius 1 is 1.20 bits per heavy atom. The van der Waals surface area contributed by atoms with Gasteiger partial charge < -0.3 is 10.7 Å². The summed E-state index contributed by atoms with van der Waals surface area (Å²) in [5.74, 6) is 0. The number of nitrogens with two attached hydrogens (primary N) is 1. The summed E-state index contributed by atoms with van der Waals surface area (Å²) >= 11 is 0. The highest BCUT2D eigenvalue weighted by molar-refractivity contribution is 6.06. The van der Waals surface area contributed by atoms with Crippen LogP contribution in [0, 0.1) is 0 Å². The van der Waals surface area contributed by atoms with Gasteiger partial charge in [0.25, 0.3) is 0 Å². The minimum atomic E-state index is 0. The SMILES string of the molecule is Cl.Nc1cccc2c1ncc1cc[nH]c12. The lowest BCUT2D eigenvalue weighted by Gasteiger charge is -2.01. The van der Waals surface area contributed by atoms with Crippen molar-refractivity contribution in [1.29, 1.82) is 0 Å². The summed E-state index contributed by atoms with van der Waals surface area (Å²) < 4.78 is 0. The van der Waals surface area contributed by atoms with E-state index in [9.17, 15) is 0 Å². The highest BCUT2D eigenvalue weighted by Crippen LogP contribution is 2.25. The van der Waals surface area contributed by atoms with Crippen LogP contribution in [-0.2, 0) is 0 Å².